The Kier molecular flexibility index (Phi) is 4.97. The number of hydrogen-bond acceptors (Lipinski definition) is 4. The normalized spacial score (nSPS) is 17.4. The molecule has 1 saturated heterocycles. The van der Waals surface area contributed by atoms with Crippen molar-refractivity contribution in [2.45, 2.75) is 31.2 Å². The van der Waals surface area contributed by atoms with Crippen molar-refractivity contribution < 1.29 is 28.0 Å². The second-order valence-electron chi connectivity index (χ2n) is 5.60. The van der Waals surface area contributed by atoms with Crippen molar-refractivity contribution in [2.75, 3.05) is 13.1 Å². The van der Waals surface area contributed by atoms with Crippen LogP contribution in [0.2, 0.25) is 0 Å². The molecule has 1 aromatic rings. The zero-order valence-corrected chi connectivity index (χ0v) is 12.5. The van der Waals surface area contributed by atoms with Crippen LogP contribution in [-0.4, -0.2) is 45.8 Å². The Labute approximate surface area is 135 Å². The van der Waals surface area contributed by atoms with Gasteiger partial charge in [0.1, 0.15) is 0 Å². The van der Waals surface area contributed by atoms with E-state index >= 15 is 0 Å². The molecule has 0 saturated carbocycles. The minimum absolute atomic E-state index is 0.0144. The van der Waals surface area contributed by atoms with E-state index in [2.05, 4.69) is 5.32 Å². The van der Waals surface area contributed by atoms with Crippen LogP contribution in [0.15, 0.2) is 24.3 Å². The number of carbonyl (C=O) groups is 1. The quantitative estimate of drug-likeness (QED) is 0.647. The summed E-state index contributed by atoms with van der Waals surface area (Å²) in [6.45, 7) is -0.436. The molecule has 132 valence electrons. The van der Waals surface area contributed by atoms with Gasteiger partial charge in [-0.25, -0.2) is 4.79 Å². The van der Waals surface area contributed by atoms with E-state index in [1.54, 1.807) is 6.07 Å². The largest absolute Gasteiger partial charge is 0.417 e. The molecule has 1 aliphatic rings. The summed E-state index contributed by atoms with van der Waals surface area (Å²) < 4.78 is 38.1. The average Bonchev–Trinajstić information content (AvgIpc) is 2.52. The zero-order valence-electron chi connectivity index (χ0n) is 12.5. The lowest BCUT2D eigenvalue weighted by atomic mass is 9.91. The number of carbonyl (C=O) groups excluding carboxylic acids is 1. The lowest BCUT2D eigenvalue weighted by Gasteiger charge is -2.39. The van der Waals surface area contributed by atoms with Gasteiger partial charge in [0.15, 0.2) is 5.60 Å². The summed E-state index contributed by atoms with van der Waals surface area (Å²) in [6.07, 6.45) is -5.89. The number of alkyl halides is 3. The summed E-state index contributed by atoms with van der Waals surface area (Å²) in [6, 6.07) is 5.11. The van der Waals surface area contributed by atoms with Gasteiger partial charge < -0.3 is 15.3 Å². The lowest BCUT2D eigenvalue weighted by Crippen LogP contribution is -2.55. The Morgan fingerprint density at radius 2 is 2.00 bits per heavy atom. The van der Waals surface area contributed by atoms with E-state index in [-0.39, 0.29) is 25.3 Å². The first-order chi connectivity index (χ1) is 11.1. The summed E-state index contributed by atoms with van der Waals surface area (Å²) in [7, 11) is 0. The van der Waals surface area contributed by atoms with Gasteiger partial charge in [0.25, 0.3) is 5.69 Å². The van der Waals surface area contributed by atoms with Crippen molar-refractivity contribution in [2.24, 2.45) is 0 Å². The predicted octanol–water partition coefficient (Wildman–Crippen LogP) is 2.19. The third-order valence-corrected chi connectivity index (χ3v) is 3.97. The number of non-ortho nitro benzene ring substituents is 1. The maximum absolute atomic E-state index is 12.7. The summed E-state index contributed by atoms with van der Waals surface area (Å²) in [5.41, 5.74) is -2.37. The van der Waals surface area contributed by atoms with Crippen molar-refractivity contribution in [1.29, 1.82) is 0 Å². The third-order valence-electron chi connectivity index (χ3n) is 3.97. The Balaban J connectivity index is 1.88. The van der Waals surface area contributed by atoms with Gasteiger partial charge >= 0.3 is 12.2 Å². The van der Waals surface area contributed by atoms with Crippen molar-refractivity contribution >= 4 is 11.7 Å². The highest BCUT2D eigenvalue weighted by atomic mass is 19.4. The minimum Gasteiger partial charge on any atom is -0.380 e. The molecule has 0 aromatic heterocycles. The molecule has 2 rings (SSSR count). The molecule has 7 nitrogen and oxygen atoms in total. The van der Waals surface area contributed by atoms with Crippen LogP contribution in [0.4, 0.5) is 23.7 Å². The highest BCUT2D eigenvalue weighted by molar-refractivity contribution is 5.74. The molecule has 10 heteroatoms. The topological polar surface area (TPSA) is 95.7 Å². The Hall–Kier alpha value is -2.36. The highest BCUT2D eigenvalue weighted by Crippen LogP contribution is 2.38. The van der Waals surface area contributed by atoms with Crippen LogP contribution in [0.1, 0.15) is 18.4 Å². The first-order valence-corrected chi connectivity index (χ1v) is 7.18. The molecule has 1 aromatic carbocycles. The number of nitro benzene ring substituents is 1. The molecule has 0 bridgehead atoms. The van der Waals surface area contributed by atoms with Crippen LogP contribution in [0.25, 0.3) is 0 Å². The van der Waals surface area contributed by atoms with Crippen LogP contribution in [-0.2, 0) is 6.54 Å². The molecule has 2 N–H and O–H groups in total. The number of aliphatic hydroxyl groups is 1. The average molecular weight is 347 g/mol. The van der Waals surface area contributed by atoms with Crippen LogP contribution >= 0.6 is 0 Å². The van der Waals surface area contributed by atoms with Crippen molar-refractivity contribution in [3.63, 3.8) is 0 Å². The van der Waals surface area contributed by atoms with Gasteiger partial charge in [0, 0.05) is 44.6 Å². The van der Waals surface area contributed by atoms with E-state index in [1.165, 1.54) is 23.1 Å². The van der Waals surface area contributed by atoms with E-state index in [0.717, 1.165) is 0 Å². The number of rotatable bonds is 3. The SMILES string of the molecule is O=C(NCc1cccc([N+](=O)[O-])c1)N1CCC(O)(C(F)(F)F)CC1. The number of amides is 2. The minimum atomic E-state index is -4.72. The van der Waals surface area contributed by atoms with E-state index in [1.807, 2.05) is 0 Å². The zero-order chi connectivity index (χ0) is 18.0. The Bertz CT molecular complexity index is 628. The molecule has 0 spiro atoms. The number of hydrogen-bond donors (Lipinski definition) is 2. The molecule has 24 heavy (non-hydrogen) atoms. The van der Waals surface area contributed by atoms with Crippen LogP contribution < -0.4 is 5.32 Å². The first-order valence-electron chi connectivity index (χ1n) is 7.18. The number of urea groups is 1. The Morgan fingerprint density at radius 3 is 2.54 bits per heavy atom. The molecular formula is C14H16F3N3O4. The van der Waals surface area contributed by atoms with Crippen LogP contribution in [0.5, 0.6) is 0 Å². The number of nitro groups is 1. The van der Waals surface area contributed by atoms with Gasteiger partial charge in [-0.2, -0.15) is 13.2 Å². The number of nitrogens with one attached hydrogen (secondary N) is 1. The fraction of sp³-hybridized carbons (Fsp3) is 0.500. The fourth-order valence-electron chi connectivity index (χ4n) is 2.43. The number of benzene rings is 1. The summed E-state index contributed by atoms with van der Waals surface area (Å²) in [5, 5.41) is 22.7. The number of likely N-dealkylation sites (tertiary alicyclic amines) is 1. The van der Waals surface area contributed by atoms with E-state index < -0.39 is 35.6 Å². The van der Waals surface area contributed by atoms with E-state index in [9.17, 15) is 33.2 Å². The first kappa shape index (κ1) is 18.0. The van der Waals surface area contributed by atoms with E-state index in [4.69, 9.17) is 0 Å². The van der Waals surface area contributed by atoms with Gasteiger partial charge in [-0.3, -0.25) is 10.1 Å². The van der Waals surface area contributed by atoms with Gasteiger partial charge in [-0.15, -0.1) is 0 Å². The van der Waals surface area contributed by atoms with Gasteiger partial charge in [0.2, 0.25) is 0 Å². The number of nitrogens with zero attached hydrogens (tertiary/aromatic N) is 2. The summed E-state index contributed by atoms with van der Waals surface area (Å²) >= 11 is 0. The lowest BCUT2D eigenvalue weighted by molar-refractivity contribution is -0.384. The molecule has 2 amide bonds. The molecular weight excluding hydrogens is 331 g/mol. The summed E-state index contributed by atoms with van der Waals surface area (Å²) in [4.78, 5) is 23.3. The molecule has 0 atom stereocenters. The maximum Gasteiger partial charge on any atom is 0.417 e. The van der Waals surface area contributed by atoms with Crippen LogP contribution in [0.3, 0.4) is 0 Å². The van der Waals surface area contributed by atoms with Gasteiger partial charge in [-0.1, -0.05) is 12.1 Å². The number of halogens is 3. The van der Waals surface area contributed by atoms with E-state index in [0.29, 0.717) is 5.56 Å². The van der Waals surface area contributed by atoms with Crippen molar-refractivity contribution in [3.8, 4) is 0 Å². The molecule has 0 unspecified atom stereocenters. The second-order valence-corrected chi connectivity index (χ2v) is 5.60. The van der Waals surface area contributed by atoms with Gasteiger partial charge in [-0.05, 0) is 5.56 Å². The molecule has 1 fully saturated rings. The summed E-state index contributed by atoms with van der Waals surface area (Å²) in [5.74, 6) is 0. The second kappa shape index (κ2) is 6.63. The predicted molar refractivity (Wildman–Crippen MR) is 77.1 cm³/mol. The number of piperidine rings is 1. The third kappa shape index (κ3) is 3.94. The molecule has 0 radical (unpaired) electrons. The monoisotopic (exact) mass is 347 g/mol. The van der Waals surface area contributed by atoms with Crippen molar-refractivity contribution in [3.05, 3.63) is 39.9 Å². The fourth-order valence-corrected chi connectivity index (χ4v) is 2.43. The van der Waals surface area contributed by atoms with Crippen LogP contribution in [0, 0.1) is 10.1 Å². The van der Waals surface area contributed by atoms with Gasteiger partial charge in [0.05, 0.1) is 4.92 Å². The maximum atomic E-state index is 12.7. The molecule has 0 aliphatic carbocycles. The highest BCUT2D eigenvalue weighted by Gasteiger charge is 2.54. The van der Waals surface area contributed by atoms with Crippen molar-refractivity contribution in [1.82, 2.24) is 10.2 Å². The Morgan fingerprint density at radius 1 is 1.38 bits per heavy atom. The molecule has 1 heterocycles. The smallest absolute Gasteiger partial charge is 0.380 e. The molecule has 1 aliphatic heterocycles. The standard InChI is InChI=1S/C14H16F3N3O4/c15-14(16,17)13(22)4-6-19(7-5-13)12(21)18-9-10-2-1-3-11(8-10)20(23)24/h1-3,8,22H,4-7,9H2,(H,18,21).